The lowest BCUT2D eigenvalue weighted by molar-refractivity contribution is -0.115. The second-order valence-corrected chi connectivity index (χ2v) is 10.2. The number of anilines is 2. The number of carbonyl (C=O) groups excluding carboxylic acids is 1. The van der Waals surface area contributed by atoms with E-state index in [9.17, 15) is 14.6 Å². The molecule has 1 unspecified atom stereocenters. The molecule has 0 radical (unpaired) electrons. The molecule has 0 bridgehead atoms. The Bertz CT molecular complexity index is 1800. The minimum absolute atomic E-state index is 0.118. The molecule has 11 heteroatoms. The third kappa shape index (κ3) is 6.36. The highest BCUT2D eigenvalue weighted by Gasteiger charge is 2.21. The van der Waals surface area contributed by atoms with Crippen molar-refractivity contribution >= 4 is 34.0 Å². The number of aromatic amines is 1. The summed E-state index contributed by atoms with van der Waals surface area (Å²) in [6.07, 6.45) is 9.43. The van der Waals surface area contributed by atoms with Gasteiger partial charge in [0.1, 0.15) is 29.3 Å². The summed E-state index contributed by atoms with van der Waals surface area (Å²) >= 11 is 0. The van der Waals surface area contributed by atoms with E-state index in [1.165, 1.54) is 12.1 Å². The van der Waals surface area contributed by atoms with Gasteiger partial charge in [-0.2, -0.15) is 0 Å². The maximum atomic E-state index is 14.0. The number of fused-ring (bicyclic) bond motifs is 1. The normalized spacial score (nSPS) is 14.8. The molecule has 1 amide bonds. The van der Waals surface area contributed by atoms with Crippen molar-refractivity contribution in [2.24, 2.45) is 0 Å². The molecule has 4 heterocycles. The highest BCUT2D eigenvalue weighted by molar-refractivity contribution is 6.13. The summed E-state index contributed by atoms with van der Waals surface area (Å²) in [5.41, 5.74) is 4.36. The molecule has 5 aromatic rings. The van der Waals surface area contributed by atoms with Gasteiger partial charge in [0.15, 0.2) is 5.82 Å². The summed E-state index contributed by atoms with van der Waals surface area (Å²) in [5, 5.41) is 15.4. The van der Waals surface area contributed by atoms with Crippen LogP contribution in [0.4, 0.5) is 15.8 Å². The molecule has 1 aliphatic rings. The number of hydrogen-bond acceptors (Lipinski definition) is 8. The van der Waals surface area contributed by atoms with Crippen LogP contribution >= 0.6 is 0 Å². The van der Waals surface area contributed by atoms with Gasteiger partial charge < -0.3 is 25.1 Å². The monoisotopic (exact) mass is 579 g/mol. The number of ether oxygens (including phenoxy) is 2. The average Bonchev–Trinajstić information content (AvgIpc) is 3.47. The van der Waals surface area contributed by atoms with Crippen LogP contribution in [0, 0.1) is 11.2 Å². The highest BCUT2D eigenvalue weighted by Crippen LogP contribution is 2.32. The number of amides is 1. The van der Waals surface area contributed by atoms with E-state index >= 15 is 0 Å². The topological polar surface area (TPSA) is 138 Å². The average molecular weight is 580 g/mol. The zero-order valence-electron chi connectivity index (χ0n) is 23.5. The highest BCUT2D eigenvalue weighted by atomic mass is 19.1. The molecule has 0 aliphatic carbocycles. The maximum absolute atomic E-state index is 14.0. The molecule has 1 saturated heterocycles. The Morgan fingerprint density at radius 1 is 1.09 bits per heavy atom. The number of nitrogens with one attached hydrogen (secondary N) is 4. The van der Waals surface area contributed by atoms with E-state index in [0.29, 0.717) is 69.4 Å². The third-order valence-electron chi connectivity index (χ3n) is 7.08. The number of nitrogens with zero attached hydrogens (tertiary/aromatic N) is 3. The largest absolute Gasteiger partial charge is 0.456 e. The van der Waals surface area contributed by atoms with Gasteiger partial charge in [0.2, 0.25) is 5.91 Å². The summed E-state index contributed by atoms with van der Waals surface area (Å²) < 4.78 is 26.0. The molecule has 10 nitrogen and oxygen atoms in total. The van der Waals surface area contributed by atoms with E-state index < -0.39 is 0 Å². The first-order chi connectivity index (χ1) is 21.0. The van der Waals surface area contributed by atoms with Crippen LogP contribution in [0.25, 0.3) is 22.2 Å². The number of benzene rings is 2. The van der Waals surface area contributed by atoms with Crippen LogP contribution in [0.15, 0.2) is 73.3 Å². The van der Waals surface area contributed by atoms with Crippen LogP contribution in [0.3, 0.4) is 0 Å². The van der Waals surface area contributed by atoms with E-state index in [0.717, 1.165) is 19.3 Å². The van der Waals surface area contributed by atoms with Gasteiger partial charge in [0.25, 0.3) is 0 Å². The molecule has 1 aliphatic heterocycles. The van der Waals surface area contributed by atoms with E-state index in [1.54, 1.807) is 62.0 Å². The molecular formula is C32H30FN7O3. The summed E-state index contributed by atoms with van der Waals surface area (Å²) in [6, 6.07) is 13.3. The zero-order chi connectivity index (χ0) is 29.8. The number of pyridine rings is 2. The van der Waals surface area contributed by atoms with Gasteiger partial charge in [-0.3, -0.25) is 20.2 Å². The fourth-order valence-corrected chi connectivity index (χ4v) is 4.92. The van der Waals surface area contributed by atoms with Crippen LogP contribution in [0.1, 0.15) is 44.0 Å². The Hall–Kier alpha value is -5.16. The lowest BCUT2D eigenvalue weighted by atomic mass is 10.1. The first-order valence-electron chi connectivity index (χ1n) is 14.1. The quantitative estimate of drug-likeness (QED) is 0.143. The number of carbonyl (C=O) groups is 1. The number of rotatable bonds is 9. The van der Waals surface area contributed by atoms with Crippen LogP contribution < -0.4 is 15.4 Å². The summed E-state index contributed by atoms with van der Waals surface area (Å²) in [6.45, 7) is 2.44. The van der Waals surface area contributed by atoms with Crippen LogP contribution in [0.2, 0.25) is 0 Å². The maximum Gasteiger partial charge on any atom is 0.224 e. The predicted octanol–water partition coefficient (Wildman–Crippen LogP) is 6.65. The number of imidazole rings is 1. The van der Waals surface area contributed by atoms with E-state index in [-0.39, 0.29) is 23.7 Å². The molecule has 4 N–H and O–H groups in total. The number of hydrogen-bond donors (Lipinski definition) is 4. The number of H-pyrrole nitrogens is 1. The van der Waals surface area contributed by atoms with Crippen LogP contribution in [-0.2, 0) is 9.53 Å². The molecule has 3 aromatic heterocycles. The Labute approximate surface area is 247 Å². The second-order valence-electron chi connectivity index (χ2n) is 10.2. The van der Waals surface area contributed by atoms with E-state index in [1.807, 2.05) is 6.07 Å². The molecule has 1 atom stereocenters. The molecule has 6 rings (SSSR count). The van der Waals surface area contributed by atoms with Crippen molar-refractivity contribution in [3.05, 3.63) is 90.5 Å². The van der Waals surface area contributed by atoms with Crippen LogP contribution in [-0.4, -0.2) is 44.4 Å². The van der Waals surface area contributed by atoms with Crippen molar-refractivity contribution in [1.82, 2.24) is 19.9 Å². The number of aromatic nitrogens is 4. The first-order valence-corrected chi connectivity index (χ1v) is 14.1. The van der Waals surface area contributed by atoms with Gasteiger partial charge in [0.05, 0.1) is 35.3 Å². The zero-order valence-corrected chi connectivity index (χ0v) is 23.5. The van der Waals surface area contributed by atoms with E-state index in [2.05, 4.69) is 25.6 Å². The Morgan fingerprint density at radius 3 is 2.79 bits per heavy atom. The van der Waals surface area contributed by atoms with E-state index in [4.69, 9.17) is 14.5 Å². The smallest absolute Gasteiger partial charge is 0.224 e. The van der Waals surface area contributed by atoms with Gasteiger partial charge in [-0.25, -0.2) is 9.37 Å². The van der Waals surface area contributed by atoms with Crippen molar-refractivity contribution < 1.29 is 18.7 Å². The molecule has 43 heavy (non-hydrogen) atoms. The molecule has 2 aromatic carbocycles. The number of halogens is 1. The van der Waals surface area contributed by atoms with Gasteiger partial charge in [0, 0.05) is 42.1 Å². The molecule has 218 valence electrons. The van der Waals surface area contributed by atoms with Gasteiger partial charge >= 0.3 is 0 Å². The van der Waals surface area contributed by atoms with Crippen molar-refractivity contribution in [2.75, 3.05) is 17.2 Å². The van der Waals surface area contributed by atoms with Crippen molar-refractivity contribution in [3.8, 4) is 22.6 Å². The fraction of sp³-hybridized carbons (Fsp3) is 0.219. The lowest BCUT2D eigenvalue weighted by Crippen LogP contribution is -2.28. The van der Waals surface area contributed by atoms with Crippen molar-refractivity contribution in [2.45, 2.75) is 38.8 Å². The van der Waals surface area contributed by atoms with Gasteiger partial charge in [-0.15, -0.1) is 0 Å². The van der Waals surface area contributed by atoms with Gasteiger partial charge in [-0.05, 0) is 55.2 Å². The third-order valence-corrected chi connectivity index (χ3v) is 7.08. The van der Waals surface area contributed by atoms with Crippen LogP contribution in [0.5, 0.6) is 11.5 Å². The SMILES string of the molecule is CCC(=O)Nc1cncc(Oc2ccc(NC3CCCCO3)c(C(=N)c3nc4c(-c5cccc(F)c5)cncc4[nH]3)c2)c1. The van der Waals surface area contributed by atoms with Crippen molar-refractivity contribution in [1.29, 1.82) is 5.41 Å². The summed E-state index contributed by atoms with van der Waals surface area (Å²) in [4.78, 5) is 28.3. The summed E-state index contributed by atoms with van der Waals surface area (Å²) in [5.74, 6) is 0.725. The standard InChI is InChI=1S/C32H30FN7O3/c1-2-28(41)37-21-13-23(16-35-15-21)43-22-9-10-26(38-29-8-3-4-11-42-29)24(14-22)30(34)32-39-27-18-36-17-25(31(27)40-32)19-6-5-7-20(33)12-19/h5-7,9-10,12-18,29,34,38H,2-4,8,11H2,1H3,(H,37,41)(H,39,40). The first kappa shape index (κ1) is 28.0. The molecular weight excluding hydrogens is 549 g/mol. The predicted molar refractivity (Wildman–Crippen MR) is 162 cm³/mol. The molecule has 1 fully saturated rings. The minimum Gasteiger partial charge on any atom is -0.456 e. The van der Waals surface area contributed by atoms with Gasteiger partial charge in [-0.1, -0.05) is 19.1 Å². The molecule has 0 spiro atoms. The fourth-order valence-electron chi connectivity index (χ4n) is 4.92. The lowest BCUT2D eigenvalue weighted by Gasteiger charge is -2.26. The molecule has 0 saturated carbocycles. The Morgan fingerprint density at radius 2 is 1.98 bits per heavy atom. The summed E-state index contributed by atoms with van der Waals surface area (Å²) in [7, 11) is 0. The Balaban J connectivity index is 1.35. The second kappa shape index (κ2) is 12.4. The van der Waals surface area contributed by atoms with Crippen molar-refractivity contribution in [3.63, 3.8) is 0 Å². The Kier molecular flexibility index (Phi) is 8.05. The minimum atomic E-state index is -0.357.